The molecule has 6 heteroatoms. The molecule has 2 heterocycles. The fourth-order valence-corrected chi connectivity index (χ4v) is 2.37. The van der Waals surface area contributed by atoms with Crippen LogP contribution in [0.1, 0.15) is 26.1 Å². The third-order valence-corrected chi connectivity index (χ3v) is 3.89. The zero-order chi connectivity index (χ0) is 16.2. The van der Waals surface area contributed by atoms with Gasteiger partial charge in [-0.1, -0.05) is 23.7 Å². The van der Waals surface area contributed by atoms with Crippen molar-refractivity contribution in [2.75, 3.05) is 18.4 Å². The van der Waals surface area contributed by atoms with E-state index in [4.69, 9.17) is 4.52 Å². The van der Waals surface area contributed by atoms with Crippen molar-refractivity contribution < 1.29 is 9.32 Å². The number of nitrogens with zero attached hydrogens (tertiary/aromatic N) is 3. The van der Waals surface area contributed by atoms with Gasteiger partial charge in [-0.15, -0.1) is 0 Å². The Bertz CT molecular complexity index is 718. The Hall–Kier alpha value is -2.63. The molecule has 2 amide bonds. The Morgan fingerprint density at radius 2 is 2.13 bits per heavy atom. The summed E-state index contributed by atoms with van der Waals surface area (Å²) in [5.41, 5.74) is 2.93. The van der Waals surface area contributed by atoms with E-state index in [0.717, 1.165) is 30.6 Å². The molecule has 1 aliphatic heterocycles. The SMILES string of the molecule is CCc1noc(-c2ccc(NC(=O)N3CC=C(C)CC3)cc2)n1. The second kappa shape index (κ2) is 6.64. The van der Waals surface area contributed by atoms with Crippen LogP contribution in [0.5, 0.6) is 0 Å². The maximum absolute atomic E-state index is 12.2. The number of urea groups is 1. The topological polar surface area (TPSA) is 71.3 Å². The van der Waals surface area contributed by atoms with E-state index in [1.807, 2.05) is 31.2 Å². The van der Waals surface area contributed by atoms with Gasteiger partial charge in [0.1, 0.15) is 0 Å². The number of rotatable bonds is 3. The molecule has 23 heavy (non-hydrogen) atoms. The summed E-state index contributed by atoms with van der Waals surface area (Å²) in [6.07, 6.45) is 3.76. The number of benzene rings is 1. The van der Waals surface area contributed by atoms with Crippen LogP contribution in [0.3, 0.4) is 0 Å². The Kier molecular flexibility index (Phi) is 4.41. The lowest BCUT2D eigenvalue weighted by atomic mass is 10.1. The van der Waals surface area contributed by atoms with Crippen molar-refractivity contribution in [3.63, 3.8) is 0 Å². The molecule has 0 fully saturated rings. The summed E-state index contributed by atoms with van der Waals surface area (Å²) in [6.45, 7) is 5.49. The summed E-state index contributed by atoms with van der Waals surface area (Å²) < 4.78 is 5.20. The van der Waals surface area contributed by atoms with Crippen LogP contribution in [0.15, 0.2) is 40.4 Å². The molecule has 6 nitrogen and oxygen atoms in total. The van der Waals surface area contributed by atoms with Crippen molar-refractivity contribution in [2.24, 2.45) is 0 Å². The number of nitrogens with one attached hydrogen (secondary N) is 1. The minimum Gasteiger partial charge on any atom is -0.334 e. The molecular weight excluding hydrogens is 292 g/mol. The minimum atomic E-state index is -0.0763. The average molecular weight is 312 g/mol. The largest absolute Gasteiger partial charge is 0.334 e. The van der Waals surface area contributed by atoms with Gasteiger partial charge in [-0.25, -0.2) is 4.79 Å². The first kappa shape index (κ1) is 15.3. The van der Waals surface area contributed by atoms with Gasteiger partial charge in [0.15, 0.2) is 5.82 Å². The molecule has 1 N–H and O–H groups in total. The molecule has 2 aromatic rings. The number of aryl methyl sites for hydroxylation is 1. The van der Waals surface area contributed by atoms with Crippen molar-refractivity contribution in [2.45, 2.75) is 26.7 Å². The van der Waals surface area contributed by atoms with Crippen molar-refractivity contribution >= 4 is 11.7 Å². The van der Waals surface area contributed by atoms with Gasteiger partial charge in [0.25, 0.3) is 5.89 Å². The zero-order valence-corrected chi connectivity index (χ0v) is 13.4. The van der Waals surface area contributed by atoms with E-state index in [1.165, 1.54) is 5.57 Å². The third-order valence-electron chi connectivity index (χ3n) is 3.89. The van der Waals surface area contributed by atoms with Crippen LogP contribution in [0.4, 0.5) is 10.5 Å². The van der Waals surface area contributed by atoms with Crippen LogP contribution in [-0.4, -0.2) is 34.2 Å². The third kappa shape index (κ3) is 3.59. The monoisotopic (exact) mass is 312 g/mol. The van der Waals surface area contributed by atoms with Crippen LogP contribution in [-0.2, 0) is 6.42 Å². The van der Waals surface area contributed by atoms with E-state index in [0.29, 0.717) is 18.3 Å². The lowest BCUT2D eigenvalue weighted by Gasteiger charge is -2.25. The maximum Gasteiger partial charge on any atom is 0.322 e. The number of anilines is 1. The van der Waals surface area contributed by atoms with Crippen molar-refractivity contribution in [1.29, 1.82) is 0 Å². The molecule has 0 saturated heterocycles. The number of hydrogen-bond acceptors (Lipinski definition) is 4. The first-order chi connectivity index (χ1) is 11.2. The highest BCUT2D eigenvalue weighted by atomic mass is 16.5. The van der Waals surface area contributed by atoms with E-state index in [1.54, 1.807) is 4.90 Å². The molecule has 120 valence electrons. The summed E-state index contributed by atoms with van der Waals surface area (Å²) in [5, 5.41) is 6.79. The minimum absolute atomic E-state index is 0.0763. The summed E-state index contributed by atoms with van der Waals surface area (Å²) in [5.74, 6) is 1.18. The molecule has 0 saturated carbocycles. The summed E-state index contributed by atoms with van der Waals surface area (Å²) in [6, 6.07) is 7.33. The number of carbonyl (C=O) groups excluding carboxylic acids is 1. The van der Waals surface area contributed by atoms with E-state index in [-0.39, 0.29) is 6.03 Å². The Morgan fingerprint density at radius 1 is 1.35 bits per heavy atom. The quantitative estimate of drug-likeness (QED) is 0.881. The predicted molar refractivity (Wildman–Crippen MR) is 88.1 cm³/mol. The fraction of sp³-hybridized carbons (Fsp3) is 0.353. The molecule has 1 aromatic heterocycles. The molecule has 0 spiro atoms. The fourth-order valence-electron chi connectivity index (χ4n) is 2.37. The van der Waals surface area contributed by atoms with Gasteiger partial charge in [-0.3, -0.25) is 0 Å². The van der Waals surface area contributed by atoms with Gasteiger partial charge in [0.05, 0.1) is 0 Å². The van der Waals surface area contributed by atoms with Crippen molar-refractivity contribution in [1.82, 2.24) is 15.0 Å². The van der Waals surface area contributed by atoms with Crippen LogP contribution in [0.2, 0.25) is 0 Å². The molecule has 0 unspecified atom stereocenters. The number of amides is 2. The molecule has 0 aliphatic carbocycles. The van der Waals surface area contributed by atoms with Gasteiger partial charge in [0.2, 0.25) is 0 Å². The van der Waals surface area contributed by atoms with E-state index < -0.39 is 0 Å². The van der Waals surface area contributed by atoms with Crippen molar-refractivity contribution in [3.05, 3.63) is 41.7 Å². The van der Waals surface area contributed by atoms with E-state index >= 15 is 0 Å². The van der Waals surface area contributed by atoms with Crippen LogP contribution in [0, 0.1) is 0 Å². The first-order valence-electron chi connectivity index (χ1n) is 7.80. The Morgan fingerprint density at radius 3 is 2.74 bits per heavy atom. The maximum atomic E-state index is 12.2. The molecule has 0 atom stereocenters. The Balaban J connectivity index is 1.64. The summed E-state index contributed by atoms with van der Waals surface area (Å²) in [4.78, 5) is 18.3. The standard InChI is InChI=1S/C17H20N4O2/c1-3-15-19-16(23-20-15)13-4-6-14(7-5-13)18-17(22)21-10-8-12(2)9-11-21/h4-8H,3,9-11H2,1-2H3,(H,18,22). The van der Waals surface area contributed by atoms with Gasteiger partial charge >= 0.3 is 6.03 Å². The number of hydrogen-bond donors (Lipinski definition) is 1. The van der Waals surface area contributed by atoms with Gasteiger partial charge in [-0.05, 0) is 37.6 Å². The summed E-state index contributed by atoms with van der Waals surface area (Å²) in [7, 11) is 0. The predicted octanol–water partition coefficient (Wildman–Crippen LogP) is 3.48. The van der Waals surface area contributed by atoms with Gasteiger partial charge < -0.3 is 14.7 Å². The highest BCUT2D eigenvalue weighted by molar-refractivity contribution is 5.89. The highest BCUT2D eigenvalue weighted by Gasteiger charge is 2.16. The van der Waals surface area contributed by atoms with Gasteiger partial charge in [-0.2, -0.15) is 4.98 Å². The normalized spacial score (nSPS) is 14.5. The van der Waals surface area contributed by atoms with Crippen LogP contribution >= 0.6 is 0 Å². The lowest BCUT2D eigenvalue weighted by Crippen LogP contribution is -2.37. The molecular formula is C17H20N4O2. The molecule has 0 radical (unpaired) electrons. The molecule has 1 aromatic carbocycles. The van der Waals surface area contributed by atoms with E-state index in [9.17, 15) is 4.79 Å². The van der Waals surface area contributed by atoms with Crippen molar-refractivity contribution in [3.8, 4) is 11.5 Å². The zero-order valence-electron chi connectivity index (χ0n) is 13.4. The second-order valence-corrected chi connectivity index (χ2v) is 5.62. The smallest absolute Gasteiger partial charge is 0.322 e. The number of aromatic nitrogens is 2. The molecule has 3 rings (SSSR count). The highest BCUT2D eigenvalue weighted by Crippen LogP contribution is 2.20. The average Bonchev–Trinajstić information content (AvgIpc) is 3.05. The van der Waals surface area contributed by atoms with E-state index in [2.05, 4.69) is 28.5 Å². The number of carbonyl (C=O) groups is 1. The second-order valence-electron chi connectivity index (χ2n) is 5.62. The van der Waals surface area contributed by atoms with Crippen LogP contribution < -0.4 is 5.32 Å². The Labute approximate surface area is 135 Å². The first-order valence-corrected chi connectivity index (χ1v) is 7.80. The van der Waals surface area contributed by atoms with Gasteiger partial charge in [0, 0.05) is 30.8 Å². The van der Waals surface area contributed by atoms with Crippen LogP contribution in [0.25, 0.3) is 11.5 Å². The molecule has 0 bridgehead atoms. The summed E-state index contributed by atoms with van der Waals surface area (Å²) >= 11 is 0. The molecule has 1 aliphatic rings. The lowest BCUT2D eigenvalue weighted by molar-refractivity contribution is 0.215.